The number of hydrogen-bond donors (Lipinski definition) is 0. The van der Waals surface area contributed by atoms with Crippen LogP contribution in [0, 0.1) is 20.2 Å². The molecule has 0 aliphatic rings. The Hall–Kier alpha value is -3.02. The van der Waals surface area contributed by atoms with Crippen LogP contribution < -0.4 is 0 Å². The molecule has 100 valence electrons. The molecule has 2 aromatic rings. The molecule has 0 aliphatic heterocycles. The summed E-state index contributed by atoms with van der Waals surface area (Å²) in [4.78, 5) is 20.7. The highest BCUT2D eigenvalue weighted by molar-refractivity contribution is 5.77. The van der Waals surface area contributed by atoms with Gasteiger partial charge < -0.3 is 0 Å². The van der Waals surface area contributed by atoms with Crippen molar-refractivity contribution in [3.63, 3.8) is 0 Å². The normalized spacial score (nSPS) is 11.1. The maximum absolute atomic E-state index is 11.2. The summed E-state index contributed by atoms with van der Waals surface area (Å²) >= 11 is 0. The molecular weight excluding hydrogens is 260 g/mol. The standard InChI is InChI=1S/C14H10N2O4/c17-15(18)13-8-4-7-12(10-13)14(16(19)20)9-11-5-2-1-3-6-11/h1-10H/b14-9+. The van der Waals surface area contributed by atoms with Gasteiger partial charge in [0.2, 0.25) is 0 Å². The number of hydrogen-bond acceptors (Lipinski definition) is 4. The zero-order chi connectivity index (χ0) is 14.5. The average Bonchev–Trinajstić information content (AvgIpc) is 2.45. The third kappa shape index (κ3) is 3.05. The SMILES string of the molecule is O=[N+]([O-])/C(=C/c1ccccc1)c1cccc([N+](=O)[O-])c1. The van der Waals surface area contributed by atoms with E-state index in [1.807, 2.05) is 0 Å². The Balaban J connectivity index is 2.49. The van der Waals surface area contributed by atoms with Crippen molar-refractivity contribution in [3.8, 4) is 0 Å². The largest absolute Gasteiger partial charge is 0.277 e. The molecule has 0 unspecified atom stereocenters. The first-order valence-electron chi connectivity index (χ1n) is 5.74. The van der Waals surface area contributed by atoms with Crippen LogP contribution in [-0.4, -0.2) is 9.85 Å². The first-order chi connectivity index (χ1) is 9.58. The summed E-state index contributed by atoms with van der Waals surface area (Å²) in [5.41, 5.74) is 0.502. The molecule has 0 aliphatic carbocycles. The molecule has 20 heavy (non-hydrogen) atoms. The molecule has 2 aromatic carbocycles. The maximum Gasteiger partial charge on any atom is 0.277 e. The van der Waals surface area contributed by atoms with Crippen LogP contribution in [0.2, 0.25) is 0 Å². The van der Waals surface area contributed by atoms with Gasteiger partial charge in [-0.15, -0.1) is 0 Å². The smallest absolute Gasteiger partial charge is 0.258 e. The second-order valence-corrected chi connectivity index (χ2v) is 4.00. The first kappa shape index (κ1) is 13.4. The zero-order valence-electron chi connectivity index (χ0n) is 10.3. The van der Waals surface area contributed by atoms with Crippen LogP contribution >= 0.6 is 0 Å². The van der Waals surface area contributed by atoms with Gasteiger partial charge >= 0.3 is 0 Å². The van der Waals surface area contributed by atoms with E-state index in [0.29, 0.717) is 5.56 Å². The molecule has 0 aromatic heterocycles. The van der Waals surface area contributed by atoms with E-state index in [9.17, 15) is 20.2 Å². The van der Waals surface area contributed by atoms with Crippen molar-refractivity contribution in [2.75, 3.05) is 0 Å². The van der Waals surface area contributed by atoms with Crippen molar-refractivity contribution >= 4 is 17.5 Å². The Morgan fingerprint density at radius 3 is 2.25 bits per heavy atom. The summed E-state index contributed by atoms with van der Waals surface area (Å²) in [5, 5.41) is 21.9. The van der Waals surface area contributed by atoms with Gasteiger partial charge in [0.1, 0.15) is 0 Å². The molecule has 0 spiro atoms. The van der Waals surface area contributed by atoms with Crippen LogP contribution in [0.5, 0.6) is 0 Å². The fourth-order valence-corrected chi connectivity index (χ4v) is 1.73. The van der Waals surface area contributed by atoms with E-state index in [-0.39, 0.29) is 16.9 Å². The van der Waals surface area contributed by atoms with Crippen molar-refractivity contribution in [1.29, 1.82) is 0 Å². The molecule has 0 bridgehead atoms. The molecule has 2 rings (SSSR count). The maximum atomic E-state index is 11.2. The van der Waals surface area contributed by atoms with Gasteiger partial charge in [-0.3, -0.25) is 20.2 Å². The minimum atomic E-state index is -0.580. The third-order valence-corrected chi connectivity index (χ3v) is 2.65. The predicted octanol–water partition coefficient (Wildman–Crippen LogP) is 3.37. The van der Waals surface area contributed by atoms with Crippen LogP contribution in [-0.2, 0) is 0 Å². The zero-order valence-corrected chi connectivity index (χ0v) is 10.3. The number of benzene rings is 2. The Morgan fingerprint density at radius 1 is 0.950 bits per heavy atom. The van der Waals surface area contributed by atoms with Crippen LogP contribution in [0.25, 0.3) is 11.8 Å². The lowest BCUT2D eigenvalue weighted by Gasteiger charge is -2.00. The van der Waals surface area contributed by atoms with Crippen molar-refractivity contribution in [2.24, 2.45) is 0 Å². The van der Waals surface area contributed by atoms with Crippen LogP contribution in [0.1, 0.15) is 11.1 Å². The minimum absolute atomic E-state index is 0.177. The van der Waals surface area contributed by atoms with Gasteiger partial charge in [0.05, 0.1) is 15.4 Å². The quantitative estimate of drug-likeness (QED) is 0.484. The molecular formula is C14H10N2O4. The van der Waals surface area contributed by atoms with Gasteiger partial charge in [0, 0.05) is 18.2 Å². The van der Waals surface area contributed by atoms with E-state index in [2.05, 4.69) is 0 Å². The third-order valence-electron chi connectivity index (χ3n) is 2.65. The molecule has 0 saturated heterocycles. The molecule has 0 saturated carbocycles. The van der Waals surface area contributed by atoms with Crippen molar-refractivity contribution in [2.45, 2.75) is 0 Å². The second-order valence-electron chi connectivity index (χ2n) is 4.00. The predicted molar refractivity (Wildman–Crippen MR) is 74.4 cm³/mol. The van der Waals surface area contributed by atoms with Crippen LogP contribution in [0.4, 0.5) is 5.69 Å². The molecule has 0 atom stereocenters. The summed E-state index contributed by atoms with van der Waals surface area (Å²) in [7, 11) is 0. The Morgan fingerprint density at radius 2 is 1.65 bits per heavy atom. The number of rotatable bonds is 4. The molecule has 0 fully saturated rings. The van der Waals surface area contributed by atoms with Gasteiger partial charge in [-0.25, -0.2) is 0 Å². The molecule has 0 radical (unpaired) electrons. The van der Waals surface area contributed by atoms with Crippen molar-refractivity contribution < 1.29 is 9.85 Å². The van der Waals surface area contributed by atoms with E-state index in [0.717, 1.165) is 0 Å². The summed E-state index contributed by atoms with van der Waals surface area (Å²) in [6, 6.07) is 14.2. The number of nitrogens with zero attached hydrogens (tertiary/aromatic N) is 2. The number of non-ortho nitro benzene ring substituents is 1. The molecule has 6 nitrogen and oxygen atoms in total. The summed E-state index contributed by atoms with van der Waals surface area (Å²) < 4.78 is 0. The van der Waals surface area contributed by atoms with E-state index >= 15 is 0 Å². The summed E-state index contributed by atoms with van der Waals surface area (Å²) in [6.45, 7) is 0. The lowest BCUT2D eigenvalue weighted by atomic mass is 10.1. The summed E-state index contributed by atoms with van der Waals surface area (Å²) in [6.07, 6.45) is 1.39. The van der Waals surface area contributed by atoms with Gasteiger partial charge in [-0.2, -0.15) is 0 Å². The molecule has 0 amide bonds. The fourth-order valence-electron chi connectivity index (χ4n) is 1.73. The lowest BCUT2D eigenvalue weighted by Crippen LogP contribution is -1.99. The van der Waals surface area contributed by atoms with E-state index in [1.165, 1.54) is 30.3 Å². The Bertz CT molecular complexity index is 681. The first-order valence-corrected chi connectivity index (χ1v) is 5.74. The highest BCUT2D eigenvalue weighted by Gasteiger charge is 2.17. The summed E-state index contributed by atoms with van der Waals surface area (Å²) in [5.74, 6) is 0. The number of nitro benzene ring substituents is 1. The van der Waals surface area contributed by atoms with Crippen LogP contribution in [0.3, 0.4) is 0 Å². The van der Waals surface area contributed by atoms with E-state index in [4.69, 9.17) is 0 Å². The van der Waals surface area contributed by atoms with Gasteiger partial charge in [0.15, 0.2) is 0 Å². The van der Waals surface area contributed by atoms with Crippen molar-refractivity contribution in [3.05, 3.63) is 86.0 Å². The molecule has 0 heterocycles. The lowest BCUT2D eigenvalue weighted by molar-refractivity contribution is -0.385. The highest BCUT2D eigenvalue weighted by Crippen LogP contribution is 2.22. The monoisotopic (exact) mass is 270 g/mol. The van der Waals surface area contributed by atoms with E-state index < -0.39 is 9.85 Å². The topological polar surface area (TPSA) is 86.3 Å². The van der Waals surface area contributed by atoms with Gasteiger partial charge in [0.25, 0.3) is 11.4 Å². The fraction of sp³-hybridized carbons (Fsp3) is 0. The van der Waals surface area contributed by atoms with Crippen LogP contribution in [0.15, 0.2) is 54.6 Å². The molecule has 6 heteroatoms. The minimum Gasteiger partial charge on any atom is -0.258 e. The number of nitro groups is 2. The van der Waals surface area contributed by atoms with Gasteiger partial charge in [-0.05, 0) is 11.6 Å². The van der Waals surface area contributed by atoms with Crippen molar-refractivity contribution in [1.82, 2.24) is 0 Å². The Kier molecular flexibility index (Phi) is 3.85. The molecule has 0 N–H and O–H groups in total. The average molecular weight is 270 g/mol. The van der Waals surface area contributed by atoms with Gasteiger partial charge in [-0.1, -0.05) is 36.4 Å². The van der Waals surface area contributed by atoms with E-state index in [1.54, 1.807) is 30.3 Å². The second kappa shape index (κ2) is 5.75. The Labute approximate surface area is 114 Å². The highest BCUT2D eigenvalue weighted by atomic mass is 16.6.